The summed E-state index contributed by atoms with van der Waals surface area (Å²) in [6.07, 6.45) is 2.18. The molecule has 0 spiro atoms. The van der Waals surface area contributed by atoms with E-state index in [1.165, 1.54) is 11.1 Å². The van der Waals surface area contributed by atoms with Crippen LogP contribution in [0.2, 0.25) is 0 Å². The number of rotatable bonds is 7. The molecule has 130 valence electrons. The fraction of sp³-hybridized carbons (Fsp3) is 0.588. The molecule has 0 fully saturated rings. The Morgan fingerprint density at radius 3 is 2.87 bits per heavy atom. The lowest BCUT2D eigenvalue weighted by Gasteiger charge is -2.28. The summed E-state index contributed by atoms with van der Waals surface area (Å²) in [5.74, 6) is 0.508. The minimum absolute atomic E-state index is 0. The van der Waals surface area contributed by atoms with E-state index in [2.05, 4.69) is 39.5 Å². The molecule has 0 radical (unpaired) electrons. The van der Waals surface area contributed by atoms with Crippen LogP contribution in [0.4, 0.5) is 0 Å². The van der Waals surface area contributed by atoms with Crippen molar-refractivity contribution in [2.24, 2.45) is 10.7 Å². The molecule has 23 heavy (non-hydrogen) atoms. The number of halogens is 1. The third kappa shape index (κ3) is 7.05. The minimum Gasteiger partial charge on any atom is -0.383 e. The normalized spacial score (nSPS) is 16.3. The topological polar surface area (TPSA) is 62.9 Å². The van der Waals surface area contributed by atoms with Crippen LogP contribution in [0.25, 0.3) is 0 Å². The summed E-state index contributed by atoms with van der Waals surface area (Å²) in [6.45, 7) is 6.67. The number of hydrogen-bond acceptors (Lipinski definition) is 3. The molecular formula is C17H29IN4O. The largest absolute Gasteiger partial charge is 0.383 e. The van der Waals surface area contributed by atoms with Crippen LogP contribution in [0.15, 0.2) is 29.3 Å². The summed E-state index contributed by atoms with van der Waals surface area (Å²) in [5, 5.41) is 3.12. The van der Waals surface area contributed by atoms with Crippen LogP contribution >= 0.6 is 24.0 Å². The third-order valence-electron chi connectivity index (χ3n) is 3.94. The van der Waals surface area contributed by atoms with Crippen molar-refractivity contribution in [1.29, 1.82) is 0 Å². The fourth-order valence-corrected chi connectivity index (χ4v) is 2.83. The standard InChI is InChI=1S/C17H28N4O.HI/c1-14(13-22-2)20-17(18)19-9-5-10-21-11-8-15-6-3-4-7-16(15)12-21;/h3-4,6-7,14H,5,8-13H2,1-2H3,(H3,18,19,20);1H. The molecule has 0 aromatic heterocycles. The van der Waals surface area contributed by atoms with Crippen molar-refractivity contribution in [2.75, 3.05) is 33.4 Å². The second-order valence-corrected chi connectivity index (χ2v) is 5.92. The zero-order valence-corrected chi connectivity index (χ0v) is 16.5. The number of nitrogens with one attached hydrogen (secondary N) is 1. The summed E-state index contributed by atoms with van der Waals surface area (Å²) < 4.78 is 5.06. The molecule has 0 amide bonds. The van der Waals surface area contributed by atoms with E-state index >= 15 is 0 Å². The predicted molar refractivity (Wildman–Crippen MR) is 106 cm³/mol. The molecule has 1 unspecified atom stereocenters. The predicted octanol–water partition coefficient (Wildman–Crippen LogP) is 1.99. The highest BCUT2D eigenvalue weighted by atomic mass is 127. The van der Waals surface area contributed by atoms with Crippen LogP contribution < -0.4 is 11.1 Å². The molecule has 1 aliphatic heterocycles. The smallest absolute Gasteiger partial charge is 0.188 e. The highest BCUT2D eigenvalue weighted by Crippen LogP contribution is 2.18. The van der Waals surface area contributed by atoms with Crippen LogP contribution in [-0.4, -0.2) is 50.3 Å². The summed E-state index contributed by atoms with van der Waals surface area (Å²) in [7, 11) is 1.68. The van der Waals surface area contributed by atoms with Crippen LogP contribution in [0.1, 0.15) is 24.5 Å². The number of benzene rings is 1. The first kappa shape index (κ1) is 20.2. The maximum absolute atomic E-state index is 5.86. The van der Waals surface area contributed by atoms with E-state index in [9.17, 15) is 0 Å². The quantitative estimate of drug-likeness (QED) is 0.300. The molecule has 0 aliphatic carbocycles. The van der Waals surface area contributed by atoms with Gasteiger partial charge in [-0.2, -0.15) is 0 Å². The van der Waals surface area contributed by atoms with Crippen molar-refractivity contribution in [2.45, 2.75) is 32.4 Å². The zero-order valence-electron chi connectivity index (χ0n) is 14.1. The molecule has 2 rings (SSSR count). The molecular weight excluding hydrogens is 403 g/mol. The lowest BCUT2D eigenvalue weighted by atomic mass is 10.00. The van der Waals surface area contributed by atoms with Gasteiger partial charge in [-0.3, -0.25) is 9.89 Å². The Labute approximate surface area is 156 Å². The van der Waals surface area contributed by atoms with Gasteiger partial charge in [0, 0.05) is 39.3 Å². The Morgan fingerprint density at radius 1 is 1.39 bits per heavy atom. The van der Waals surface area contributed by atoms with Crippen LogP contribution in [-0.2, 0) is 17.7 Å². The fourth-order valence-electron chi connectivity index (χ4n) is 2.83. The number of methoxy groups -OCH3 is 1. The number of guanidine groups is 1. The first-order chi connectivity index (χ1) is 10.7. The Hall–Kier alpha value is -0.860. The summed E-state index contributed by atoms with van der Waals surface area (Å²) >= 11 is 0. The molecule has 1 aromatic rings. The average molecular weight is 432 g/mol. The minimum atomic E-state index is 0. The molecule has 0 saturated heterocycles. The van der Waals surface area contributed by atoms with Gasteiger partial charge in [0.2, 0.25) is 0 Å². The Morgan fingerprint density at radius 2 is 2.13 bits per heavy atom. The van der Waals surface area contributed by atoms with Crippen molar-refractivity contribution in [3.63, 3.8) is 0 Å². The van der Waals surface area contributed by atoms with Crippen molar-refractivity contribution < 1.29 is 4.74 Å². The third-order valence-corrected chi connectivity index (χ3v) is 3.94. The lowest BCUT2D eigenvalue weighted by molar-refractivity contribution is 0.179. The first-order valence-electron chi connectivity index (χ1n) is 8.03. The maximum Gasteiger partial charge on any atom is 0.188 e. The number of hydrogen-bond donors (Lipinski definition) is 2. The van der Waals surface area contributed by atoms with E-state index in [0.717, 1.165) is 39.0 Å². The Bertz CT molecular complexity index is 495. The monoisotopic (exact) mass is 432 g/mol. The van der Waals surface area contributed by atoms with E-state index in [1.54, 1.807) is 7.11 Å². The van der Waals surface area contributed by atoms with E-state index < -0.39 is 0 Å². The van der Waals surface area contributed by atoms with E-state index in [1.807, 2.05) is 6.92 Å². The SMILES string of the molecule is COCC(C)NC(N)=NCCCN1CCc2ccccc2C1.I. The number of fused-ring (bicyclic) bond motifs is 1. The van der Waals surface area contributed by atoms with Crippen molar-refractivity contribution in [3.05, 3.63) is 35.4 Å². The zero-order chi connectivity index (χ0) is 15.8. The van der Waals surface area contributed by atoms with E-state index in [4.69, 9.17) is 10.5 Å². The lowest BCUT2D eigenvalue weighted by Crippen LogP contribution is -2.40. The Balaban J connectivity index is 0.00000264. The summed E-state index contributed by atoms with van der Waals surface area (Å²) in [6, 6.07) is 8.92. The molecule has 1 aliphatic rings. The van der Waals surface area contributed by atoms with Crippen molar-refractivity contribution in [1.82, 2.24) is 10.2 Å². The number of ether oxygens (including phenoxy) is 1. The van der Waals surface area contributed by atoms with Crippen LogP contribution in [0, 0.1) is 0 Å². The highest BCUT2D eigenvalue weighted by molar-refractivity contribution is 14.0. The van der Waals surface area contributed by atoms with Gasteiger partial charge in [0.15, 0.2) is 5.96 Å². The molecule has 6 heteroatoms. The summed E-state index contributed by atoms with van der Waals surface area (Å²) in [5.41, 5.74) is 8.82. The first-order valence-corrected chi connectivity index (χ1v) is 8.03. The van der Waals surface area contributed by atoms with Gasteiger partial charge in [-0.05, 0) is 30.9 Å². The average Bonchev–Trinajstić information content (AvgIpc) is 2.51. The molecule has 1 heterocycles. The van der Waals surface area contributed by atoms with Gasteiger partial charge in [-0.25, -0.2) is 0 Å². The molecule has 0 bridgehead atoms. The van der Waals surface area contributed by atoms with Crippen molar-refractivity contribution >= 4 is 29.9 Å². The van der Waals surface area contributed by atoms with Gasteiger partial charge in [-0.15, -0.1) is 24.0 Å². The van der Waals surface area contributed by atoms with Crippen molar-refractivity contribution in [3.8, 4) is 0 Å². The molecule has 1 atom stereocenters. The van der Waals surface area contributed by atoms with Crippen LogP contribution in [0.5, 0.6) is 0 Å². The van der Waals surface area contributed by atoms with Gasteiger partial charge in [-0.1, -0.05) is 24.3 Å². The Kier molecular flexibility index (Phi) is 9.50. The van der Waals surface area contributed by atoms with Gasteiger partial charge in [0.05, 0.1) is 6.61 Å². The van der Waals surface area contributed by atoms with Gasteiger partial charge >= 0.3 is 0 Å². The molecule has 3 N–H and O–H groups in total. The highest BCUT2D eigenvalue weighted by Gasteiger charge is 2.14. The second kappa shape index (κ2) is 10.8. The molecule has 1 aromatic carbocycles. The second-order valence-electron chi connectivity index (χ2n) is 5.92. The van der Waals surface area contributed by atoms with Gasteiger partial charge in [0.1, 0.15) is 0 Å². The number of aliphatic imine (C=N–C) groups is 1. The van der Waals surface area contributed by atoms with Crippen LogP contribution in [0.3, 0.4) is 0 Å². The van der Waals surface area contributed by atoms with E-state index in [-0.39, 0.29) is 30.0 Å². The number of nitrogens with zero attached hydrogens (tertiary/aromatic N) is 2. The van der Waals surface area contributed by atoms with Gasteiger partial charge < -0.3 is 15.8 Å². The molecule has 0 saturated carbocycles. The van der Waals surface area contributed by atoms with E-state index in [0.29, 0.717) is 12.6 Å². The molecule has 5 nitrogen and oxygen atoms in total. The maximum atomic E-state index is 5.86. The van der Waals surface area contributed by atoms with Gasteiger partial charge in [0.25, 0.3) is 0 Å². The summed E-state index contributed by atoms with van der Waals surface area (Å²) in [4.78, 5) is 6.87. The number of nitrogens with two attached hydrogens (primary N) is 1.